The lowest BCUT2D eigenvalue weighted by Crippen LogP contribution is -2.37. The summed E-state index contributed by atoms with van der Waals surface area (Å²) in [6.45, 7) is 7.40. The van der Waals surface area contributed by atoms with Gasteiger partial charge in [-0.15, -0.1) is 0 Å². The molecule has 6 nitrogen and oxygen atoms in total. The van der Waals surface area contributed by atoms with Crippen LogP contribution in [0, 0.1) is 0 Å². The van der Waals surface area contributed by atoms with Crippen LogP contribution in [0.2, 0.25) is 0 Å². The molecule has 2 heterocycles. The fourth-order valence-electron chi connectivity index (χ4n) is 2.62. The summed E-state index contributed by atoms with van der Waals surface area (Å²) in [5.74, 6) is 1.91. The molecule has 0 radical (unpaired) electrons. The SMILES string of the molecule is CCOCCCNC(=NC)NCc1ccnc(N2CCCC2)c1. The van der Waals surface area contributed by atoms with Crippen molar-refractivity contribution in [2.45, 2.75) is 32.7 Å². The van der Waals surface area contributed by atoms with Gasteiger partial charge in [0.1, 0.15) is 5.82 Å². The highest BCUT2D eigenvalue weighted by atomic mass is 16.5. The fraction of sp³-hybridized carbons (Fsp3) is 0.647. The quantitative estimate of drug-likeness (QED) is 0.434. The topological polar surface area (TPSA) is 61.8 Å². The molecule has 0 amide bonds. The van der Waals surface area contributed by atoms with Crippen molar-refractivity contribution in [1.82, 2.24) is 15.6 Å². The average Bonchev–Trinajstić information content (AvgIpc) is 3.12. The lowest BCUT2D eigenvalue weighted by atomic mass is 10.2. The number of anilines is 1. The molecule has 0 saturated carbocycles. The Labute approximate surface area is 139 Å². The van der Waals surface area contributed by atoms with Gasteiger partial charge in [0.15, 0.2) is 5.96 Å². The summed E-state index contributed by atoms with van der Waals surface area (Å²) in [6.07, 6.45) is 5.40. The highest BCUT2D eigenvalue weighted by Crippen LogP contribution is 2.18. The summed E-state index contributed by atoms with van der Waals surface area (Å²) in [4.78, 5) is 11.1. The number of guanidine groups is 1. The van der Waals surface area contributed by atoms with Crippen LogP contribution in [0.3, 0.4) is 0 Å². The van der Waals surface area contributed by atoms with Crippen LogP contribution in [-0.2, 0) is 11.3 Å². The lowest BCUT2D eigenvalue weighted by molar-refractivity contribution is 0.145. The Bertz CT molecular complexity index is 486. The maximum absolute atomic E-state index is 5.33. The molecular weight excluding hydrogens is 290 g/mol. The zero-order valence-electron chi connectivity index (χ0n) is 14.3. The van der Waals surface area contributed by atoms with Gasteiger partial charge in [-0.05, 0) is 43.9 Å². The van der Waals surface area contributed by atoms with Crippen LogP contribution in [0.4, 0.5) is 5.82 Å². The van der Waals surface area contributed by atoms with Crippen LogP contribution >= 0.6 is 0 Å². The minimum absolute atomic E-state index is 0.745. The standard InChI is InChI=1S/C17H29N5O/c1-3-23-12-6-8-20-17(18-2)21-14-15-7-9-19-16(13-15)22-10-4-5-11-22/h7,9,13H,3-6,8,10-12,14H2,1-2H3,(H2,18,20,21). The van der Waals surface area contributed by atoms with Crippen molar-refractivity contribution in [3.8, 4) is 0 Å². The number of hydrogen-bond donors (Lipinski definition) is 2. The van der Waals surface area contributed by atoms with Crippen LogP contribution in [-0.4, -0.2) is 50.8 Å². The average molecular weight is 319 g/mol. The van der Waals surface area contributed by atoms with Gasteiger partial charge in [0, 0.05) is 52.6 Å². The number of ether oxygens (including phenoxy) is 1. The zero-order chi connectivity index (χ0) is 16.3. The van der Waals surface area contributed by atoms with Crippen molar-refractivity contribution >= 4 is 11.8 Å². The van der Waals surface area contributed by atoms with E-state index in [1.54, 1.807) is 7.05 Å². The Morgan fingerprint density at radius 3 is 2.91 bits per heavy atom. The molecule has 0 spiro atoms. The molecule has 1 aliphatic heterocycles. The predicted molar refractivity (Wildman–Crippen MR) is 95.0 cm³/mol. The second kappa shape index (κ2) is 10.0. The van der Waals surface area contributed by atoms with E-state index < -0.39 is 0 Å². The van der Waals surface area contributed by atoms with Crippen molar-refractivity contribution < 1.29 is 4.74 Å². The summed E-state index contributed by atoms with van der Waals surface area (Å²) < 4.78 is 5.33. The van der Waals surface area contributed by atoms with Crippen LogP contribution in [0.25, 0.3) is 0 Å². The largest absolute Gasteiger partial charge is 0.382 e. The maximum Gasteiger partial charge on any atom is 0.191 e. The van der Waals surface area contributed by atoms with Gasteiger partial charge in [0.05, 0.1) is 0 Å². The van der Waals surface area contributed by atoms with E-state index in [-0.39, 0.29) is 0 Å². The molecule has 2 N–H and O–H groups in total. The Kier molecular flexibility index (Phi) is 7.66. The summed E-state index contributed by atoms with van der Waals surface area (Å²) >= 11 is 0. The molecule has 128 valence electrons. The summed E-state index contributed by atoms with van der Waals surface area (Å²) in [6, 6.07) is 4.22. The third-order valence-electron chi connectivity index (χ3n) is 3.89. The van der Waals surface area contributed by atoms with E-state index in [9.17, 15) is 0 Å². The second-order valence-electron chi connectivity index (χ2n) is 5.62. The minimum Gasteiger partial charge on any atom is -0.382 e. The smallest absolute Gasteiger partial charge is 0.191 e. The first kappa shape index (κ1) is 17.5. The number of hydrogen-bond acceptors (Lipinski definition) is 4. The first-order valence-corrected chi connectivity index (χ1v) is 8.55. The summed E-state index contributed by atoms with van der Waals surface area (Å²) in [7, 11) is 1.79. The van der Waals surface area contributed by atoms with Crippen LogP contribution in [0.1, 0.15) is 31.7 Å². The van der Waals surface area contributed by atoms with Crippen molar-refractivity contribution in [2.24, 2.45) is 4.99 Å². The molecule has 1 fully saturated rings. The predicted octanol–water partition coefficient (Wildman–Crippen LogP) is 1.77. The molecule has 0 atom stereocenters. The third-order valence-corrected chi connectivity index (χ3v) is 3.89. The molecule has 6 heteroatoms. The molecule has 0 bridgehead atoms. The van der Waals surface area contributed by atoms with Gasteiger partial charge in [-0.25, -0.2) is 4.98 Å². The lowest BCUT2D eigenvalue weighted by Gasteiger charge is -2.17. The molecule has 0 aliphatic carbocycles. The number of pyridine rings is 1. The number of aromatic nitrogens is 1. The van der Waals surface area contributed by atoms with E-state index in [1.165, 1.54) is 18.4 Å². The molecule has 0 aromatic carbocycles. The zero-order valence-corrected chi connectivity index (χ0v) is 14.3. The number of rotatable bonds is 8. The van der Waals surface area contributed by atoms with E-state index in [0.717, 1.165) is 57.6 Å². The minimum atomic E-state index is 0.745. The normalized spacial score (nSPS) is 15.0. The van der Waals surface area contributed by atoms with Gasteiger partial charge in [-0.1, -0.05) is 0 Å². The van der Waals surface area contributed by atoms with E-state index in [4.69, 9.17) is 4.74 Å². The molecule has 23 heavy (non-hydrogen) atoms. The molecule has 1 aliphatic rings. The Morgan fingerprint density at radius 2 is 2.17 bits per heavy atom. The van der Waals surface area contributed by atoms with Gasteiger partial charge in [-0.3, -0.25) is 4.99 Å². The molecule has 1 aromatic heterocycles. The molecular formula is C17H29N5O. The number of aliphatic imine (C=N–C) groups is 1. The third kappa shape index (κ3) is 6.06. The van der Waals surface area contributed by atoms with E-state index >= 15 is 0 Å². The maximum atomic E-state index is 5.33. The van der Waals surface area contributed by atoms with Crippen LogP contribution < -0.4 is 15.5 Å². The van der Waals surface area contributed by atoms with Gasteiger partial charge in [0.25, 0.3) is 0 Å². The molecule has 0 unspecified atom stereocenters. The highest BCUT2D eigenvalue weighted by Gasteiger charge is 2.13. The number of nitrogens with zero attached hydrogens (tertiary/aromatic N) is 3. The van der Waals surface area contributed by atoms with Crippen molar-refractivity contribution in [3.63, 3.8) is 0 Å². The summed E-state index contributed by atoms with van der Waals surface area (Å²) in [5.41, 5.74) is 1.22. The number of nitrogens with one attached hydrogen (secondary N) is 2. The Balaban J connectivity index is 1.76. The molecule has 1 aromatic rings. The van der Waals surface area contributed by atoms with Crippen LogP contribution in [0.5, 0.6) is 0 Å². The van der Waals surface area contributed by atoms with Crippen molar-refractivity contribution in [3.05, 3.63) is 23.9 Å². The van der Waals surface area contributed by atoms with Gasteiger partial charge >= 0.3 is 0 Å². The Morgan fingerprint density at radius 1 is 1.35 bits per heavy atom. The Hall–Kier alpha value is -1.82. The monoisotopic (exact) mass is 319 g/mol. The first-order valence-electron chi connectivity index (χ1n) is 8.55. The summed E-state index contributed by atoms with van der Waals surface area (Å²) in [5, 5.41) is 6.65. The second-order valence-corrected chi connectivity index (χ2v) is 5.62. The highest BCUT2D eigenvalue weighted by molar-refractivity contribution is 5.79. The molecule has 1 saturated heterocycles. The van der Waals surface area contributed by atoms with E-state index in [0.29, 0.717) is 0 Å². The van der Waals surface area contributed by atoms with Crippen molar-refractivity contribution in [2.75, 3.05) is 44.8 Å². The van der Waals surface area contributed by atoms with Crippen molar-refractivity contribution in [1.29, 1.82) is 0 Å². The van der Waals surface area contributed by atoms with E-state index in [1.807, 2.05) is 13.1 Å². The van der Waals surface area contributed by atoms with E-state index in [2.05, 4.69) is 37.6 Å². The van der Waals surface area contributed by atoms with Gasteiger partial charge in [0.2, 0.25) is 0 Å². The first-order chi connectivity index (χ1) is 11.3. The van der Waals surface area contributed by atoms with Crippen LogP contribution in [0.15, 0.2) is 23.3 Å². The van der Waals surface area contributed by atoms with Gasteiger partial charge < -0.3 is 20.3 Å². The fourth-order valence-corrected chi connectivity index (χ4v) is 2.62. The molecule has 2 rings (SSSR count). The van der Waals surface area contributed by atoms with Gasteiger partial charge in [-0.2, -0.15) is 0 Å².